The van der Waals surface area contributed by atoms with E-state index in [4.69, 9.17) is 73.0 Å². The van der Waals surface area contributed by atoms with Crippen LogP contribution in [-0.4, -0.2) is 168 Å². The zero-order valence-corrected chi connectivity index (χ0v) is 93.8. The van der Waals surface area contributed by atoms with Crippen molar-refractivity contribution in [2.45, 2.75) is 187 Å². The standard InChI is InChI=1S/C17H25N.C14H18FNO6.C14H20FNO4.C13H15FO4.C8H7FO2.C7H7Br.C7H5FO2.C7H14O2.CH2O3.BBr3.Cs.FH.2K.H/c1-16(2)13-9-10-17(16,3)14(12-13)7-8-15-6-4-5-11-18-15;1-14(2)21-8-10(22-14)7-20-13-5-9(3-4-11(13)15)12(17)6-16(18)19;1-14(2)19-8-10(20-14)7-18-13-5-9(12(17)6-16)3-4-11(13)15;1-13(2)17-8-10(18-13)7-16-12-5-9(6-15)3-4-11(12)14;1-11-8-4-6(5-10)2-3-7(8)9;8-6-7-4-2-1-3-5-7;8-6-2-1-5(4-9)3-7(6)10;1-4-6-5-8-7(2,3)9-6;2-1-4-3;2-1(3)4;;;;;/h4-6,11,13-14H,7-10,12H2,1-3H3;3-5,10,12,17H,6-8H2,1-2H3;3-5,10,12,17H,6-8,16H2,1-2H3;3-6,10H,7-8H2,1-2H3;2-5H,1H3;1-5H,6H2;1-4,10H;6H,4-5H2,1-3H3;1,3H;;;1H;;;/q;;;;;;;;;;+1;;2*+1;-1/p-2/t;2*10-,12+;10-;;;;6-;;;;;;;/m.000...0......./s1. The van der Waals surface area contributed by atoms with Gasteiger partial charge in [0.15, 0.2) is 81.0 Å². The van der Waals surface area contributed by atoms with E-state index < -0.39 is 75.9 Å². The van der Waals surface area contributed by atoms with Gasteiger partial charge in [0, 0.05) is 45.4 Å². The number of phenols is 1. The Morgan fingerprint density at radius 2 is 0.977 bits per heavy atom. The minimum atomic E-state index is -1.32. The first-order valence-electron chi connectivity index (χ1n) is 39.5. The van der Waals surface area contributed by atoms with Crippen LogP contribution in [0.1, 0.15) is 182 Å². The molecule has 7 aromatic rings. The minimum Gasteiger partial charge on any atom is -1.00 e. The van der Waals surface area contributed by atoms with Crippen molar-refractivity contribution < 1.29 is 306 Å². The molecule has 6 fully saturated rings. The molecule has 6 aliphatic rings. The molecule has 4 aliphatic heterocycles. The van der Waals surface area contributed by atoms with Crippen LogP contribution >= 0.6 is 63.2 Å². The zero-order chi connectivity index (χ0) is 92.6. The van der Waals surface area contributed by atoms with Gasteiger partial charge in [-0.15, -0.1) is 47.3 Å². The van der Waals surface area contributed by atoms with Crippen molar-refractivity contribution in [1.29, 1.82) is 0 Å². The fourth-order valence-electron chi connectivity index (χ4n) is 13.4. The molecule has 1 aromatic heterocycles. The van der Waals surface area contributed by atoms with Gasteiger partial charge in [0.2, 0.25) is 6.54 Å². The molecular weight excluding hydrogens is 2120 g/mol. The van der Waals surface area contributed by atoms with E-state index in [9.17, 15) is 56.7 Å². The van der Waals surface area contributed by atoms with Gasteiger partial charge in [0.25, 0.3) is 6.47 Å². The first kappa shape index (κ1) is 126. The predicted molar refractivity (Wildman–Crippen MR) is 469 cm³/mol. The van der Waals surface area contributed by atoms with Crippen molar-refractivity contribution in [2.24, 2.45) is 28.4 Å². The van der Waals surface area contributed by atoms with Gasteiger partial charge in [-0.1, -0.05) is 92.2 Å². The van der Waals surface area contributed by atoms with Gasteiger partial charge >= 0.3 is 175 Å². The Balaban J connectivity index is 0. The van der Waals surface area contributed by atoms with E-state index in [0.29, 0.717) is 72.3 Å². The fourth-order valence-corrected chi connectivity index (χ4v) is 13.8. The van der Waals surface area contributed by atoms with Gasteiger partial charge in [-0.05, 0) is 224 Å². The van der Waals surface area contributed by atoms with Gasteiger partial charge in [-0.25, -0.2) is 22.0 Å². The fraction of sp³-hybridized carbons (Fsp3) is 0.489. The van der Waals surface area contributed by atoms with Crippen molar-refractivity contribution in [2.75, 3.05) is 66.4 Å². The smallest absolute Gasteiger partial charge is 1.00 e. The number of rotatable bonds is 24. The molecule has 0 radical (unpaired) electrons. The average Bonchev–Trinajstić information content (AvgIpc) is 1.56. The first-order valence-corrected chi connectivity index (χ1v) is 43.4. The number of phenolic OH excluding ortho intramolecular Hbond substituents is 1. The molecule has 694 valence electrons. The number of aromatic hydroxyl groups is 1. The molecule has 0 amide bonds. The summed E-state index contributed by atoms with van der Waals surface area (Å²) < 4.78 is 130. The summed E-state index contributed by atoms with van der Waals surface area (Å²) >= 11 is 12.7. The number of nitro groups is 1. The number of carbonyl (C=O) groups excluding carboxylic acids is 4. The molecule has 0 spiro atoms. The average molecular weight is 2240 g/mol. The summed E-state index contributed by atoms with van der Waals surface area (Å²) in [5, 5.41) is 47.8. The number of carbonyl (C=O) groups is 4. The number of alkyl halides is 1. The number of fused-ring (bicyclic) bond motifs is 2. The molecule has 9 atom stereocenters. The van der Waals surface area contributed by atoms with Crippen LogP contribution in [-0.2, 0) is 59.3 Å². The van der Waals surface area contributed by atoms with Crippen LogP contribution < -0.4 is 206 Å². The SMILES string of the molecule is BrB(Br)Br.BrCc1ccccc1.CC1(C)C2CCC1(C)C(CCc1ccccn1)C2.CC1(C)OC[C@H](COc2cc(C=O)ccc2F)O1.CC1(C)OC[C@H](COc2cc([C@H](O)CN)ccc2F)O1.CC1(C)OC[C@H](COc2cc([C@H](O)C[N+](=O)[O-])ccc2F)O1.CC[C@H]1COC(C)(C)O1.COc1cc(C=O)ccc1F.O=CO[O-].O=Cc1ccc(F)c(O)c1.[Cs+].[F-].[H-].[K+].[K+]. The summed E-state index contributed by atoms with van der Waals surface area (Å²) in [6.45, 7) is 25.9. The van der Waals surface area contributed by atoms with Crippen molar-refractivity contribution in [3.63, 3.8) is 0 Å². The number of aldehydes is 3. The number of benzene rings is 6. The molecule has 2 bridgehead atoms. The second-order valence-corrected chi connectivity index (χ2v) is 38.2. The van der Waals surface area contributed by atoms with Crippen LogP contribution in [0.25, 0.3) is 0 Å². The molecule has 2 saturated carbocycles. The predicted octanol–water partition coefficient (Wildman–Crippen LogP) is 5.50. The number of nitrogens with zero attached hydrogens (tertiary/aromatic N) is 2. The Morgan fingerprint density at radius 1 is 0.594 bits per heavy atom. The van der Waals surface area contributed by atoms with Crippen molar-refractivity contribution in [1.82, 2.24) is 4.98 Å². The normalized spacial score (nSPS) is 20.3. The molecule has 5 heterocycles. The largest absolute Gasteiger partial charge is 1.00 e. The van der Waals surface area contributed by atoms with Crippen LogP contribution in [0.15, 0.2) is 146 Å². The third-order valence-electron chi connectivity index (χ3n) is 20.2. The van der Waals surface area contributed by atoms with Crippen LogP contribution in [0.5, 0.6) is 28.7 Å². The number of aliphatic hydroxyl groups excluding tert-OH is 2. The number of methoxy groups -OCH3 is 1. The molecule has 26 nitrogen and oxygen atoms in total. The number of aryl methyl sites for hydroxylation is 1. The molecule has 2 aliphatic carbocycles. The van der Waals surface area contributed by atoms with Gasteiger partial charge in [0.1, 0.15) is 63.1 Å². The molecule has 6 aromatic carbocycles. The number of pyridine rings is 1. The summed E-state index contributed by atoms with van der Waals surface area (Å²) in [4.78, 5) is 56.3. The summed E-state index contributed by atoms with van der Waals surface area (Å²) in [5.74, 6) is -3.57. The second-order valence-electron chi connectivity index (χ2n) is 31.2. The van der Waals surface area contributed by atoms with Gasteiger partial charge in [-0.2, -0.15) is 0 Å². The third kappa shape index (κ3) is 46.3. The van der Waals surface area contributed by atoms with E-state index in [1.165, 1.54) is 117 Å². The van der Waals surface area contributed by atoms with E-state index in [0.717, 1.165) is 54.8 Å². The molecule has 4 saturated heterocycles. The van der Waals surface area contributed by atoms with E-state index in [1.54, 1.807) is 27.7 Å². The molecule has 5 N–H and O–H groups in total. The van der Waals surface area contributed by atoms with Crippen LogP contribution in [0, 0.1) is 61.9 Å². The van der Waals surface area contributed by atoms with E-state index >= 15 is 0 Å². The Kier molecular flexibility index (Phi) is 62.9. The first-order chi connectivity index (χ1) is 58.4. The molecule has 3 unspecified atom stereocenters. The number of hydrogen-bond acceptors (Lipinski definition) is 25. The van der Waals surface area contributed by atoms with Crippen molar-refractivity contribution in [3.05, 3.63) is 224 Å². The van der Waals surface area contributed by atoms with E-state index in [-0.39, 0.29) is 272 Å². The number of aromatic nitrogens is 1. The number of nitrogens with two attached hydrogens (primary N) is 1. The van der Waals surface area contributed by atoms with Gasteiger partial charge in [0.05, 0.1) is 45.7 Å². The van der Waals surface area contributed by atoms with Crippen molar-refractivity contribution >= 4 is 91.7 Å². The number of ether oxygens (including phenoxy) is 12. The maximum atomic E-state index is 13.7. The molecule has 128 heavy (non-hydrogen) atoms. The molecular formula is C88H113BBr4CsF6K2N3O23. The Hall–Kier alpha value is -2.24. The summed E-state index contributed by atoms with van der Waals surface area (Å²) in [5.41, 5.74) is 10.9. The Bertz CT molecular complexity index is 4400. The Labute approximate surface area is 923 Å². The Morgan fingerprint density at radius 3 is 1.30 bits per heavy atom. The van der Waals surface area contributed by atoms with E-state index in [2.05, 4.69) is 130 Å². The van der Waals surface area contributed by atoms with Crippen LogP contribution in [0.4, 0.5) is 22.0 Å². The summed E-state index contributed by atoms with van der Waals surface area (Å²) in [7, 11) is 1.35. The van der Waals surface area contributed by atoms with Crippen LogP contribution in [0.3, 0.4) is 0 Å². The maximum Gasteiger partial charge on any atom is 1.00 e. The summed E-state index contributed by atoms with van der Waals surface area (Å²) in [6, 6.07) is 35.7. The van der Waals surface area contributed by atoms with Crippen LogP contribution in [0.2, 0.25) is 0 Å². The minimum absolute atomic E-state index is 0. The third-order valence-corrected chi connectivity index (χ3v) is 20.9. The monoisotopic (exact) mass is 2230 g/mol. The number of halogens is 10. The molecule has 40 heteroatoms. The number of hydrogen-bond donors (Lipinski definition) is 4. The molecule has 13 rings (SSSR count). The van der Waals surface area contributed by atoms with Gasteiger partial charge in [-0.3, -0.25) is 34.3 Å². The maximum absolute atomic E-state index is 13.7. The van der Waals surface area contributed by atoms with E-state index in [1.807, 2.05) is 58.2 Å². The van der Waals surface area contributed by atoms with Crippen molar-refractivity contribution in [3.8, 4) is 28.7 Å². The topological polar surface area (TPSA) is 354 Å². The second kappa shape index (κ2) is 64.0. The summed E-state index contributed by atoms with van der Waals surface area (Å²) in [6.07, 6.45) is 8.99. The number of aliphatic hydroxyl groups is 2. The van der Waals surface area contributed by atoms with Gasteiger partial charge < -0.3 is 94.2 Å². The zero-order valence-electron chi connectivity index (χ0n) is 75.9. The quantitative estimate of drug-likeness (QED) is 0.0110.